The first-order valence-electron chi connectivity index (χ1n) is 9.86. The van der Waals surface area contributed by atoms with Gasteiger partial charge in [0.1, 0.15) is 11.5 Å². The minimum atomic E-state index is -4.51. The molecule has 0 bridgehead atoms. The molecule has 4 rings (SSSR count). The van der Waals surface area contributed by atoms with E-state index in [-0.39, 0.29) is 23.2 Å². The maximum Gasteiger partial charge on any atom is 0.416 e. The third-order valence-electron chi connectivity index (χ3n) is 4.74. The number of aromatic amines is 1. The van der Waals surface area contributed by atoms with Crippen molar-refractivity contribution in [1.29, 1.82) is 0 Å². The molecule has 33 heavy (non-hydrogen) atoms. The fourth-order valence-corrected chi connectivity index (χ4v) is 3.03. The molecular formula is C22H18F3N5O3. The van der Waals surface area contributed by atoms with Crippen molar-refractivity contribution in [2.75, 3.05) is 5.32 Å². The number of carbonyl (C=O) groups is 1. The van der Waals surface area contributed by atoms with Crippen LogP contribution in [0.2, 0.25) is 0 Å². The van der Waals surface area contributed by atoms with Crippen LogP contribution in [0.15, 0.2) is 64.0 Å². The summed E-state index contributed by atoms with van der Waals surface area (Å²) in [6, 6.07) is 9.99. The molecule has 0 aliphatic carbocycles. The van der Waals surface area contributed by atoms with E-state index in [9.17, 15) is 22.8 Å². The average molecular weight is 457 g/mol. The highest BCUT2D eigenvalue weighted by atomic mass is 19.4. The molecule has 0 aliphatic rings. The molecule has 0 fully saturated rings. The van der Waals surface area contributed by atoms with Crippen LogP contribution in [0.5, 0.6) is 0 Å². The first kappa shape index (κ1) is 22.1. The molecule has 0 spiro atoms. The zero-order valence-electron chi connectivity index (χ0n) is 17.5. The maximum atomic E-state index is 12.8. The molecule has 0 atom stereocenters. The van der Waals surface area contributed by atoms with Crippen LogP contribution >= 0.6 is 0 Å². The average Bonchev–Trinajstić information content (AvgIpc) is 3.43. The van der Waals surface area contributed by atoms with Gasteiger partial charge in [0.15, 0.2) is 5.76 Å². The number of rotatable bonds is 5. The molecular weight excluding hydrogens is 439 g/mol. The lowest BCUT2D eigenvalue weighted by Crippen LogP contribution is -2.19. The number of halogens is 3. The Morgan fingerprint density at radius 2 is 1.88 bits per heavy atom. The Kier molecular flexibility index (Phi) is 5.62. The van der Waals surface area contributed by atoms with Gasteiger partial charge in [-0.1, -0.05) is 13.8 Å². The van der Waals surface area contributed by atoms with Crippen molar-refractivity contribution in [3.63, 3.8) is 0 Å². The Morgan fingerprint density at radius 1 is 1.15 bits per heavy atom. The van der Waals surface area contributed by atoms with Crippen molar-refractivity contribution in [2.45, 2.75) is 25.9 Å². The van der Waals surface area contributed by atoms with Gasteiger partial charge in [-0.15, -0.1) is 0 Å². The third kappa shape index (κ3) is 4.71. The number of hydrogen-bond donors (Lipinski definition) is 2. The second-order valence-electron chi connectivity index (χ2n) is 7.48. The third-order valence-corrected chi connectivity index (χ3v) is 4.74. The van der Waals surface area contributed by atoms with Crippen molar-refractivity contribution >= 4 is 11.7 Å². The summed E-state index contributed by atoms with van der Waals surface area (Å²) < 4.78 is 45.0. The standard InChI is InChI=1S/C22H18F3N5O3/c1-12(2)15-11-19(31)28-21(26-15)30-18(10-16(29-30)17-4-3-9-33-17)27-20(32)13-5-7-14(8-6-13)22(23,24)25/h3-12H,1-2H3,(H,27,32)(H,26,28,31). The molecule has 4 aromatic rings. The Labute approximate surface area is 185 Å². The summed E-state index contributed by atoms with van der Waals surface area (Å²) in [6.07, 6.45) is -3.06. The van der Waals surface area contributed by atoms with Crippen molar-refractivity contribution in [3.05, 3.63) is 82.0 Å². The SMILES string of the molecule is CC(C)c1cc(=O)[nH]c(-n2nc(-c3ccco3)cc2NC(=O)c2ccc(C(F)(F)F)cc2)n1. The number of nitrogens with one attached hydrogen (secondary N) is 2. The molecule has 0 aliphatic heterocycles. The van der Waals surface area contributed by atoms with Crippen molar-refractivity contribution in [2.24, 2.45) is 0 Å². The summed E-state index contributed by atoms with van der Waals surface area (Å²) in [6.45, 7) is 3.74. The largest absolute Gasteiger partial charge is 0.463 e. The number of amides is 1. The fourth-order valence-electron chi connectivity index (χ4n) is 3.03. The zero-order chi connectivity index (χ0) is 23.8. The van der Waals surface area contributed by atoms with E-state index in [1.807, 2.05) is 13.8 Å². The van der Waals surface area contributed by atoms with Crippen LogP contribution in [0.1, 0.15) is 41.4 Å². The Hall–Kier alpha value is -4.15. The molecule has 0 unspecified atom stereocenters. The number of hydrogen-bond acceptors (Lipinski definition) is 5. The van der Waals surface area contributed by atoms with Gasteiger partial charge in [0.05, 0.1) is 17.5 Å². The van der Waals surface area contributed by atoms with Gasteiger partial charge in [-0.25, -0.2) is 4.98 Å². The maximum absolute atomic E-state index is 12.8. The second-order valence-corrected chi connectivity index (χ2v) is 7.48. The monoisotopic (exact) mass is 457 g/mol. The first-order valence-corrected chi connectivity index (χ1v) is 9.86. The molecule has 2 N–H and O–H groups in total. The summed E-state index contributed by atoms with van der Waals surface area (Å²) in [4.78, 5) is 31.9. The topological polar surface area (TPSA) is 106 Å². The molecule has 0 saturated carbocycles. The minimum absolute atomic E-state index is 0.00711. The molecule has 1 aromatic carbocycles. The lowest BCUT2D eigenvalue weighted by atomic mass is 10.1. The number of anilines is 1. The van der Waals surface area contributed by atoms with Crippen LogP contribution in [-0.4, -0.2) is 25.7 Å². The van der Waals surface area contributed by atoms with Crippen molar-refractivity contribution in [1.82, 2.24) is 19.7 Å². The van der Waals surface area contributed by atoms with Gasteiger partial charge in [-0.2, -0.15) is 23.0 Å². The van der Waals surface area contributed by atoms with Crippen LogP contribution in [0.25, 0.3) is 17.4 Å². The van der Waals surface area contributed by atoms with Crippen molar-refractivity contribution < 1.29 is 22.4 Å². The quantitative estimate of drug-likeness (QED) is 0.455. The van der Waals surface area contributed by atoms with E-state index in [4.69, 9.17) is 4.42 Å². The van der Waals surface area contributed by atoms with E-state index in [0.29, 0.717) is 17.1 Å². The fraction of sp³-hybridized carbons (Fsp3) is 0.182. The van der Waals surface area contributed by atoms with Gasteiger partial charge in [0, 0.05) is 17.7 Å². The van der Waals surface area contributed by atoms with E-state index < -0.39 is 23.2 Å². The van der Waals surface area contributed by atoms with Crippen molar-refractivity contribution in [3.8, 4) is 17.4 Å². The molecule has 3 heterocycles. The Balaban J connectivity index is 1.73. The smallest absolute Gasteiger partial charge is 0.416 e. The predicted molar refractivity (Wildman–Crippen MR) is 113 cm³/mol. The molecule has 3 aromatic heterocycles. The molecule has 170 valence electrons. The summed E-state index contributed by atoms with van der Waals surface area (Å²) in [7, 11) is 0. The van der Waals surface area contributed by atoms with Gasteiger partial charge < -0.3 is 9.73 Å². The van der Waals surface area contributed by atoms with Gasteiger partial charge in [-0.3, -0.25) is 14.6 Å². The van der Waals surface area contributed by atoms with Gasteiger partial charge in [-0.05, 0) is 42.3 Å². The van der Waals surface area contributed by atoms with Gasteiger partial charge >= 0.3 is 6.18 Å². The van der Waals surface area contributed by atoms with Crippen LogP contribution < -0.4 is 10.9 Å². The molecule has 11 heteroatoms. The van der Waals surface area contributed by atoms with Crippen LogP contribution in [0.4, 0.5) is 19.0 Å². The Bertz CT molecular complexity index is 1340. The summed E-state index contributed by atoms with van der Waals surface area (Å²) >= 11 is 0. The van der Waals surface area contributed by atoms with Gasteiger partial charge in [0.25, 0.3) is 11.5 Å². The summed E-state index contributed by atoms with van der Waals surface area (Å²) in [5, 5.41) is 6.99. The predicted octanol–water partition coefficient (Wildman–Crippen LogP) is 4.61. The van der Waals surface area contributed by atoms with E-state index >= 15 is 0 Å². The molecule has 0 radical (unpaired) electrons. The second kappa shape index (κ2) is 8.41. The van der Waals surface area contributed by atoms with E-state index in [2.05, 4.69) is 20.4 Å². The minimum Gasteiger partial charge on any atom is -0.463 e. The number of benzene rings is 1. The number of aromatic nitrogens is 4. The number of H-pyrrole nitrogens is 1. The van der Waals surface area contributed by atoms with Crippen LogP contribution in [0, 0.1) is 0 Å². The first-order chi connectivity index (χ1) is 15.6. The van der Waals surface area contributed by atoms with E-state index in [0.717, 1.165) is 24.3 Å². The lowest BCUT2D eigenvalue weighted by molar-refractivity contribution is -0.137. The highest BCUT2D eigenvalue weighted by Crippen LogP contribution is 2.29. The molecule has 1 amide bonds. The summed E-state index contributed by atoms with van der Waals surface area (Å²) in [5.41, 5.74) is -0.396. The molecule has 8 nitrogen and oxygen atoms in total. The summed E-state index contributed by atoms with van der Waals surface area (Å²) in [5.74, 6) is -0.113. The van der Waals surface area contributed by atoms with Crippen LogP contribution in [0.3, 0.4) is 0 Å². The van der Waals surface area contributed by atoms with E-state index in [1.54, 1.807) is 12.1 Å². The lowest BCUT2D eigenvalue weighted by Gasteiger charge is -2.11. The normalized spacial score (nSPS) is 11.7. The highest BCUT2D eigenvalue weighted by molar-refractivity contribution is 6.04. The number of alkyl halides is 3. The zero-order valence-corrected chi connectivity index (χ0v) is 17.5. The number of carbonyl (C=O) groups excluding carboxylic acids is 1. The van der Waals surface area contributed by atoms with Crippen LogP contribution in [-0.2, 0) is 6.18 Å². The Morgan fingerprint density at radius 3 is 2.48 bits per heavy atom. The molecule has 0 saturated heterocycles. The van der Waals surface area contributed by atoms with E-state index in [1.165, 1.54) is 23.1 Å². The number of nitrogens with zero attached hydrogens (tertiary/aromatic N) is 3. The van der Waals surface area contributed by atoms with Gasteiger partial charge in [0.2, 0.25) is 5.95 Å². The highest BCUT2D eigenvalue weighted by Gasteiger charge is 2.30. The number of furan rings is 1.